The van der Waals surface area contributed by atoms with Crippen molar-refractivity contribution in [3.05, 3.63) is 29.3 Å². The van der Waals surface area contributed by atoms with Crippen molar-refractivity contribution in [3.8, 4) is 0 Å². The molecule has 0 fully saturated rings. The summed E-state index contributed by atoms with van der Waals surface area (Å²) in [5.74, 6) is -0.336. The standard InChI is InChI=1S/C12H16F2N2O2/c1-8-2-3-10(15)9(6-8)12(17)16-4-5-18-7-11(13)14/h2-3,6,11H,4-5,7,15H2,1H3,(H,16,17). The zero-order valence-electron chi connectivity index (χ0n) is 10.1. The lowest BCUT2D eigenvalue weighted by atomic mass is 10.1. The Hall–Kier alpha value is -1.69. The van der Waals surface area contributed by atoms with E-state index < -0.39 is 13.0 Å². The van der Waals surface area contributed by atoms with Crippen molar-refractivity contribution in [3.63, 3.8) is 0 Å². The van der Waals surface area contributed by atoms with Crippen molar-refractivity contribution in [1.29, 1.82) is 0 Å². The third-order valence-electron chi connectivity index (χ3n) is 2.23. The van der Waals surface area contributed by atoms with E-state index in [0.717, 1.165) is 5.56 Å². The van der Waals surface area contributed by atoms with Crippen molar-refractivity contribution < 1.29 is 18.3 Å². The molecule has 0 saturated heterocycles. The van der Waals surface area contributed by atoms with Gasteiger partial charge in [0.15, 0.2) is 0 Å². The predicted octanol–water partition coefficient (Wildman–Crippen LogP) is 1.59. The summed E-state index contributed by atoms with van der Waals surface area (Å²) < 4.78 is 28.1. The number of halogens is 2. The summed E-state index contributed by atoms with van der Waals surface area (Å²) in [6, 6.07) is 5.13. The molecule has 100 valence electrons. The number of hydrogen-bond acceptors (Lipinski definition) is 3. The average Bonchev–Trinajstić information content (AvgIpc) is 2.31. The quantitative estimate of drug-likeness (QED) is 0.601. The highest BCUT2D eigenvalue weighted by Crippen LogP contribution is 2.13. The number of nitrogens with one attached hydrogen (secondary N) is 1. The van der Waals surface area contributed by atoms with Crippen molar-refractivity contribution in [2.75, 3.05) is 25.5 Å². The molecule has 0 aliphatic heterocycles. The summed E-state index contributed by atoms with van der Waals surface area (Å²) in [7, 11) is 0. The monoisotopic (exact) mass is 258 g/mol. The van der Waals surface area contributed by atoms with Crippen LogP contribution in [0.5, 0.6) is 0 Å². The van der Waals surface area contributed by atoms with Gasteiger partial charge in [0.2, 0.25) is 0 Å². The van der Waals surface area contributed by atoms with Gasteiger partial charge >= 0.3 is 0 Å². The molecule has 1 aromatic rings. The van der Waals surface area contributed by atoms with Gasteiger partial charge in [0.1, 0.15) is 6.61 Å². The van der Waals surface area contributed by atoms with Crippen LogP contribution in [0, 0.1) is 6.92 Å². The van der Waals surface area contributed by atoms with E-state index in [4.69, 9.17) is 5.73 Å². The maximum atomic E-state index is 11.8. The fourth-order valence-corrected chi connectivity index (χ4v) is 1.37. The Labute approximate surface area is 104 Å². The highest BCUT2D eigenvalue weighted by molar-refractivity contribution is 5.99. The number of nitrogen functional groups attached to an aromatic ring is 1. The number of carbonyl (C=O) groups excluding carboxylic acids is 1. The van der Waals surface area contributed by atoms with Crippen LogP contribution in [0.25, 0.3) is 0 Å². The molecule has 1 amide bonds. The van der Waals surface area contributed by atoms with Gasteiger partial charge in [0.05, 0.1) is 12.2 Å². The van der Waals surface area contributed by atoms with E-state index in [2.05, 4.69) is 10.1 Å². The number of hydrogen-bond donors (Lipinski definition) is 2. The summed E-state index contributed by atoms with van der Waals surface area (Å²) in [5, 5.41) is 2.55. The molecule has 0 atom stereocenters. The Morgan fingerprint density at radius 2 is 2.22 bits per heavy atom. The second kappa shape index (κ2) is 6.90. The lowest BCUT2D eigenvalue weighted by Gasteiger charge is -2.08. The molecule has 0 aromatic heterocycles. The number of amides is 1. The number of ether oxygens (including phenoxy) is 1. The number of alkyl halides is 2. The molecule has 0 unspecified atom stereocenters. The first-order chi connectivity index (χ1) is 8.50. The van der Waals surface area contributed by atoms with Crippen LogP contribution in [-0.2, 0) is 4.74 Å². The van der Waals surface area contributed by atoms with Crippen LogP contribution in [0.1, 0.15) is 15.9 Å². The first-order valence-electron chi connectivity index (χ1n) is 5.51. The lowest BCUT2D eigenvalue weighted by Crippen LogP contribution is -2.28. The molecule has 1 aromatic carbocycles. The minimum absolute atomic E-state index is 0.0435. The Balaban J connectivity index is 2.39. The van der Waals surface area contributed by atoms with Crippen molar-refractivity contribution in [2.24, 2.45) is 0 Å². The summed E-state index contributed by atoms with van der Waals surface area (Å²) >= 11 is 0. The number of anilines is 1. The van der Waals surface area contributed by atoms with E-state index in [1.54, 1.807) is 18.2 Å². The zero-order chi connectivity index (χ0) is 13.5. The summed E-state index contributed by atoms with van der Waals surface area (Å²) in [6.45, 7) is 1.44. The van der Waals surface area contributed by atoms with Crippen LogP contribution in [0.4, 0.5) is 14.5 Å². The Morgan fingerprint density at radius 1 is 1.50 bits per heavy atom. The fourth-order valence-electron chi connectivity index (χ4n) is 1.37. The summed E-state index contributed by atoms with van der Waals surface area (Å²) in [4.78, 5) is 11.7. The van der Waals surface area contributed by atoms with Crippen LogP contribution in [0.2, 0.25) is 0 Å². The van der Waals surface area contributed by atoms with Crippen molar-refractivity contribution in [2.45, 2.75) is 13.3 Å². The van der Waals surface area contributed by atoms with E-state index in [0.29, 0.717) is 11.3 Å². The van der Waals surface area contributed by atoms with Gasteiger partial charge in [-0.05, 0) is 19.1 Å². The minimum Gasteiger partial charge on any atom is -0.398 e. The van der Waals surface area contributed by atoms with E-state index in [9.17, 15) is 13.6 Å². The van der Waals surface area contributed by atoms with Gasteiger partial charge in [-0.3, -0.25) is 4.79 Å². The number of rotatable bonds is 6. The van der Waals surface area contributed by atoms with Gasteiger partial charge in [-0.25, -0.2) is 8.78 Å². The van der Waals surface area contributed by atoms with Gasteiger partial charge in [0, 0.05) is 12.2 Å². The molecule has 6 heteroatoms. The second-order valence-corrected chi connectivity index (χ2v) is 3.81. The molecule has 0 heterocycles. The van der Waals surface area contributed by atoms with Gasteiger partial charge in [-0.15, -0.1) is 0 Å². The summed E-state index contributed by atoms with van der Waals surface area (Å²) in [5.41, 5.74) is 7.35. The molecule has 0 saturated carbocycles. The fraction of sp³-hybridized carbons (Fsp3) is 0.417. The van der Waals surface area contributed by atoms with E-state index in [1.165, 1.54) is 0 Å². The topological polar surface area (TPSA) is 64.4 Å². The lowest BCUT2D eigenvalue weighted by molar-refractivity contribution is 0.0188. The van der Waals surface area contributed by atoms with E-state index in [-0.39, 0.29) is 19.1 Å². The zero-order valence-corrected chi connectivity index (χ0v) is 10.1. The maximum absolute atomic E-state index is 11.8. The molecular formula is C12H16F2N2O2. The molecule has 18 heavy (non-hydrogen) atoms. The van der Waals surface area contributed by atoms with Crippen LogP contribution in [0.15, 0.2) is 18.2 Å². The minimum atomic E-state index is -2.49. The molecule has 1 rings (SSSR count). The number of benzene rings is 1. The van der Waals surface area contributed by atoms with E-state index >= 15 is 0 Å². The molecule has 0 aliphatic carbocycles. The van der Waals surface area contributed by atoms with Crippen LogP contribution in [0.3, 0.4) is 0 Å². The van der Waals surface area contributed by atoms with Gasteiger partial charge in [0.25, 0.3) is 12.3 Å². The van der Waals surface area contributed by atoms with Crippen molar-refractivity contribution >= 4 is 11.6 Å². The normalized spacial score (nSPS) is 10.7. The first kappa shape index (κ1) is 14.4. The number of aryl methyl sites for hydroxylation is 1. The molecule has 0 spiro atoms. The Morgan fingerprint density at radius 3 is 2.89 bits per heavy atom. The second-order valence-electron chi connectivity index (χ2n) is 3.81. The highest BCUT2D eigenvalue weighted by Gasteiger charge is 2.09. The van der Waals surface area contributed by atoms with Crippen LogP contribution in [-0.4, -0.2) is 32.1 Å². The Bertz CT molecular complexity index is 411. The molecule has 4 nitrogen and oxygen atoms in total. The smallest absolute Gasteiger partial charge is 0.261 e. The first-order valence-corrected chi connectivity index (χ1v) is 5.51. The predicted molar refractivity (Wildman–Crippen MR) is 64.7 cm³/mol. The highest BCUT2D eigenvalue weighted by atomic mass is 19.3. The van der Waals surface area contributed by atoms with Gasteiger partial charge in [-0.1, -0.05) is 11.6 Å². The van der Waals surface area contributed by atoms with Crippen LogP contribution >= 0.6 is 0 Å². The molecule has 3 N–H and O–H groups in total. The third kappa shape index (κ3) is 4.67. The SMILES string of the molecule is Cc1ccc(N)c(C(=O)NCCOCC(F)F)c1. The molecular weight excluding hydrogens is 242 g/mol. The molecule has 0 bridgehead atoms. The largest absolute Gasteiger partial charge is 0.398 e. The van der Waals surface area contributed by atoms with Crippen molar-refractivity contribution in [1.82, 2.24) is 5.32 Å². The molecule has 0 aliphatic rings. The van der Waals surface area contributed by atoms with Crippen LogP contribution < -0.4 is 11.1 Å². The van der Waals surface area contributed by atoms with Gasteiger partial charge in [-0.2, -0.15) is 0 Å². The van der Waals surface area contributed by atoms with E-state index in [1.807, 2.05) is 6.92 Å². The number of nitrogens with two attached hydrogens (primary N) is 1. The Kier molecular flexibility index (Phi) is 5.51. The van der Waals surface area contributed by atoms with Gasteiger partial charge < -0.3 is 15.8 Å². The molecule has 0 radical (unpaired) electrons. The number of carbonyl (C=O) groups is 1. The maximum Gasteiger partial charge on any atom is 0.261 e. The average molecular weight is 258 g/mol. The third-order valence-corrected chi connectivity index (χ3v) is 2.23. The summed E-state index contributed by atoms with van der Waals surface area (Å²) in [6.07, 6.45) is -2.49.